The molecule has 1 nitrogen and oxygen atoms in total. The molecule has 0 bridgehead atoms. The summed E-state index contributed by atoms with van der Waals surface area (Å²) in [5.41, 5.74) is 2.08. The lowest BCUT2D eigenvalue weighted by Crippen LogP contribution is -2.19. The minimum atomic E-state index is 0.649. The summed E-state index contributed by atoms with van der Waals surface area (Å²) < 4.78 is 0. The molecular formula is C9H15NSi. The normalized spacial score (nSPS) is 13.7. The third-order valence-corrected chi connectivity index (χ3v) is 3.76. The fraction of sp³-hybridized carbons (Fsp3) is 0.333. The summed E-state index contributed by atoms with van der Waals surface area (Å²) in [5, 5.41) is 0. The van der Waals surface area contributed by atoms with Gasteiger partial charge in [-0.25, -0.2) is 0 Å². The van der Waals surface area contributed by atoms with Gasteiger partial charge in [0.1, 0.15) is 0 Å². The van der Waals surface area contributed by atoms with Gasteiger partial charge >= 0.3 is 0 Å². The van der Waals surface area contributed by atoms with Crippen LogP contribution in [0.25, 0.3) is 0 Å². The summed E-state index contributed by atoms with van der Waals surface area (Å²) in [6.07, 6.45) is 0. The van der Waals surface area contributed by atoms with Gasteiger partial charge in [0.15, 0.2) is 0 Å². The summed E-state index contributed by atoms with van der Waals surface area (Å²) in [6, 6.07) is 10.6. The Kier molecular flexibility index (Phi) is 2.85. The van der Waals surface area contributed by atoms with E-state index in [4.69, 9.17) is 0 Å². The number of hydrogen-bond acceptors (Lipinski definition) is 1. The van der Waals surface area contributed by atoms with Crippen LogP contribution in [0.4, 0.5) is 0 Å². The highest BCUT2D eigenvalue weighted by atomic mass is 28.1. The Morgan fingerprint density at radius 1 is 1.18 bits per heavy atom. The lowest BCUT2D eigenvalue weighted by Gasteiger charge is -2.19. The number of benzene rings is 1. The van der Waals surface area contributed by atoms with E-state index in [1.54, 1.807) is 0 Å². The van der Waals surface area contributed by atoms with Gasteiger partial charge in [0.25, 0.3) is 0 Å². The summed E-state index contributed by atoms with van der Waals surface area (Å²) in [7, 11) is 5.45. The van der Waals surface area contributed by atoms with Crippen molar-refractivity contribution in [1.82, 2.24) is 4.90 Å². The minimum absolute atomic E-state index is 0.649. The van der Waals surface area contributed by atoms with Gasteiger partial charge in [0.05, 0.1) is 0 Å². The van der Waals surface area contributed by atoms with E-state index < -0.39 is 0 Å². The fourth-order valence-corrected chi connectivity index (χ4v) is 1.41. The molecule has 1 aromatic rings. The second-order valence-electron chi connectivity index (χ2n) is 3.05. The van der Waals surface area contributed by atoms with E-state index in [1.165, 1.54) is 15.8 Å². The molecule has 0 aliphatic heterocycles. The predicted molar refractivity (Wildman–Crippen MR) is 52.8 cm³/mol. The Hall–Kier alpha value is -0.603. The molecule has 0 saturated heterocycles. The molecular weight excluding hydrogens is 150 g/mol. The van der Waals surface area contributed by atoms with Crippen molar-refractivity contribution in [3.8, 4) is 0 Å². The molecule has 0 N–H and O–H groups in total. The van der Waals surface area contributed by atoms with E-state index in [2.05, 4.69) is 49.3 Å². The molecule has 0 aliphatic carbocycles. The third kappa shape index (κ3) is 2.17. The van der Waals surface area contributed by atoms with Crippen molar-refractivity contribution < 1.29 is 0 Å². The van der Waals surface area contributed by atoms with Gasteiger partial charge in [-0.15, -0.1) is 0 Å². The Bertz CT molecular complexity index is 208. The van der Waals surface area contributed by atoms with Gasteiger partial charge < -0.3 is 4.90 Å². The van der Waals surface area contributed by atoms with Crippen molar-refractivity contribution >= 4 is 10.2 Å². The van der Waals surface area contributed by atoms with E-state index in [1.807, 2.05) is 0 Å². The molecule has 60 valence electrons. The second kappa shape index (κ2) is 3.69. The van der Waals surface area contributed by atoms with Crippen LogP contribution in [-0.4, -0.2) is 29.2 Å². The van der Waals surface area contributed by atoms with Crippen LogP contribution in [0, 0.1) is 0 Å². The van der Waals surface area contributed by atoms with Crippen LogP contribution in [0.5, 0.6) is 0 Å². The topological polar surface area (TPSA) is 3.24 Å². The zero-order valence-corrected chi connectivity index (χ0v) is 9.41. The first kappa shape index (κ1) is 8.49. The standard InChI is InChI=1S/C9H15NSi/c1-10(2)9(11)8-6-4-3-5-7-8/h3-7,9H,1-2,11H3. The molecule has 0 aromatic heterocycles. The second-order valence-corrected chi connectivity index (χ2v) is 4.14. The van der Waals surface area contributed by atoms with Crippen molar-refractivity contribution in [2.75, 3.05) is 14.1 Å². The summed E-state index contributed by atoms with van der Waals surface area (Å²) in [4.78, 5) is 2.27. The van der Waals surface area contributed by atoms with Crippen LogP contribution in [0.3, 0.4) is 0 Å². The highest BCUT2D eigenvalue weighted by Gasteiger charge is 2.04. The van der Waals surface area contributed by atoms with Crippen LogP contribution in [0.2, 0.25) is 0 Å². The van der Waals surface area contributed by atoms with Crippen LogP contribution >= 0.6 is 0 Å². The highest BCUT2D eigenvalue weighted by Crippen LogP contribution is 2.12. The highest BCUT2D eigenvalue weighted by molar-refractivity contribution is 6.12. The summed E-state index contributed by atoms with van der Waals surface area (Å²) in [5.74, 6) is 0. The minimum Gasteiger partial charge on any atom is -0.306 e. The first-order valence-electron chi connectivity index (χ1n) is 3.93. The van der Waals surface area contributed by atoms with Crippen LogP contribution < -0.4 is 0 Å². The monoisotopic (exact) mass is 165 g/mol. The average molecular weight is 165 g/mol. The molecule has 1 unspecified atom stereocenters. The lowest BCUT2D eigenvalue weighted by atomic mass is 10.2. The fourth-order valence-electron chi connectivity index (χ4n) is 1.03. The molecule has 0 radical (unpaired) electrons. The SMILES string of the molecule is CN(C)C([SiH3])c1ccccc1. The Balaban J connectivity index is 2.77. The largest absolute Gasteiger partial charge is 0.306 e. The predicted octanol–water partition coefficient (Wildman–Crippen LogP) is 0.612. The molecule has 11 heavy (non-hydrogen) atoms. The Labute approximate surface area is 71.5 Å². The first-order valence-corrected chi connectivity index (χ1v) is 5.08. The molecule has 0 heterocycles. The van der Waals surface area contributed by atoms with Gasteiger partial charge in [0, 0.05) is 15.9 Å². The first-order chi connectivity index (χ1) is 5.22. The maximum atomic E-state index is 2.27. The molecule has 0 aliphatic rings. The molecule has 0 saturated carbocycles. The average Bonchev–Trinajstić information content (AvgIpc) is 2.05. The number of nitrogens with zero attached hydrogens (tertiary/aromatic N) is 1. The number of rotatable bonds is 2. The van der Waals surface area contributed by atoms with Gasteiger partial charge in [-0.05, 0) is 19.7 Å². The maximum absolute atomic E-state index is 2.27. The smallest absolute Gasteiger partial charge is 0.0300 e. The zero-order valence-electron chi connectivity index (χ0n) is 7.41. The van der Waals surface area contributed by atoms with Crippen molar-refractivity contribution in [3.63, 3.8) is 0 Å². The summed E-state index contributed by atoms with van der Waals surface area (Å²) in [6.45, 7) is 0. The molecule has 1 atom stereocenters. The van der Waals surface area contributed by atoms with Gasteiger partial charge in [-0.1, -0.05) is 30.3 Å². The maximum Gasteiger partial charge on any atom is 0.0300 e. The van der Waals surface area contributed by atoms with Crippen LogP contribution in [0.1, 0.15) is 11.2 Å². The van der Waals surface area contributed by atoms with Crippen molar-refractivity contribution in [2.45, 2.75) is 5.67 Å². The van der Waals surface area contributed by atoms with E-state index in [0.717, 1.165) is 0 Å². The zero-order chi connectivity index (χ0) is 8.27. The quantitative estimate of drug-likeness (QED) is 0.581. The van der Waals surface area contributed by atoms with Crippen molar-refractivity contribution in [3.05, 3.63) is 35.9 Å². The number of hydrogen-bond donors (Lipinski definition) is 0. The van der Waals surface area contributed by atoms with Crippen LogP contribution in [0.15, 0.2) is 30.3 Å². The molecule has 1 rings (SSSR count). The van der Waals surface area contributed by atoms with Gasteiger partial charge in [0.2, 0.25) is 0 Å². The van der Waals surface area contributed by atoms with Crippen LogP contribution in [-0.2, 0) is 0 Å². The van der Waals surface area contributed by atoms with E-state index >= 15 is 0 Å². The van der Waals surface area contributed by atoms with Crippen molar-refractivity contribution in [1.29, 1.82) is 0 Å². The lowest BCUT2D eigenvalue weighted by molar-refractivity contribution is 0.384. The van der Waals surface area contributed by atoms with E-state index in [0.29, 0.717) is 5.67 Å². The molecule has 1 aromatic carbocycles. The Morgan fingerprint density at radius 3 is 2.18 bits per heavy atom. The van der Waals surface area contributed by atoms with E-state index in [-0.39, 0.29) is 0 Å². The summed E-state index contributed by atoms with van der Waals surface area (Å²) >= 11 is 0. The van der Waals surface area contributed by atoms with Crippen molar-refractivity contribution in [2.24, 2.45) is 0 Å². The molecule has 0 fully saturated rings. The van der Waals surface area contributed by atoms with Gasteiger partial charge in [-0.3, -0.25) is 0 Å². The molecule has 2 heteroatoms. The molecule has 0 spiro atoms. The Morgan fingerprint density at radius 2 is 1.73 bits per heavy atom. The van der Waals surface area contributed by atoms with Gasteiger partial charge in [-0.2, -0.15) is 0 Å². The third-order valence-electron chi connectivity index (χ3n) is 2.06. The van der Waals surface area contributed by atoms with E-state index in [9.17, 15) is 0 Å². The molecule has 0 amide bonds.